The topological polar surface area (TPSA) is 3.24 Å². The van der Waals surface area contributed by atoms with E-state index in [0.717, 1.165) is 13.1 Å². The van der Waals surface area contributed by atoms with E-state index in [0.29, 0.717) is 5.41 Å². The Kier molecular flexibility index (Phi) is 3.32. The molecule has 13 heavy (non-hydrogen) atoms. The van der Waals surface area contributed by atoms with Crippen molar-refractivity contribution in [1.82, 2.24) is 4.90 Å². The fourth-order valence-electron chi connectivity index (χ4n) is 1.74. The van der Waals surface area contributed by atoms with E-state index in [2.05, 4.69) is 38.3 Å². The molecule has 1 rings (SSSR count). The van der Waals surface area contributed by atoms with Crippen molar-refractivity contribution < 1.29 is 0 Å². The molecule has 0 spiro atoms. The van der Waals surface area contributed by atoms with Crippen molar-refractivity contribution in [3.05, 3.63) is 24.3 Å². The molecule has 1 aliphatic rings. The molecule has 0 aromatic heterocycles. The molecule has 1 aliphatic heterocycles. The van der Waals surface area contributed by atoms with Gasteiger partial charge in [-0.25, -0.2) is 0 Å². The van der Waals surface area contributed by atoms with Gasteiger partial charge in [-0.15, -0.1) is 6.58 Å². The van der Waals surface area contributed by atoms with Gasteiger partial charge in [0.1, 0.15) is 0 Å². The highest BCUT2D eigenvalue weighted by atomic mass is 15.1. The molecule has 0 bridgehead atoms. The summed E-state index contributed by atoms with van der Waals surface area (Å²) in [5, 5.41) is 0. The standard InChI is InChI=1S/C12H21N/c1-5-8-13-9-6-11(7-10-13)12(2,3)4/h5-6H,1,7-10H2,2-4H3. The highest BCUT2D eigenvalue weighted by Gasteiger charge is 2.20. The minimum Gasteiger partial charge on any atom is -0.296 e. The van der Waals surface area contributed by atoms with Crippen molar-refractivity contribution in [3.8, 4) is 0 Å². The number of rotatable bonds is 2. The highest BCUT2D eigenvalue weighted by molar-refractivity contribution is 5.14. The Bertz CT molecular complexity index is 208. The first-order chi connectivity index (χ1) is 6.04. The second kappa shape index (κ2) is 4.10. The molecule has 1 nitrogen and oxygen atoms in total. The van der Waals surface area contributed by atoms with Gasteiger partial charge in [0.25, 0.3) is 0 Å². The zero-order valence-electron chi connectivity index (χ0n) is 9.14. The maximum absolute atomic E-state index is 3.76. The van der Waals surface area contributed by atoms with Crippen LogP contribution in [0.15, 0.2) is 24.3 Å². The summed E-state index contributed by atoms with van der Waals surface area (Å²) in [7, 11) is 0. The van der Waals surface area contributed by atoms with Crippen LogP contribution in [0.1, 0.15) is 27.2 Å². The van der Waals surface area contributed by atoms with Gasteiger partial charge in [0.05, 0.1) is 0 Å². The van der Waals surface area contributed by atoms with Crippen LogP contribution < -0.4 is 0 Å². The molecule has 0 saturated heterocycles. The lowest BCUT2D eigenvalue weighted by Gasteiger charge is -2.31. The van der Waals surface area contributed by atoms with Crippen LogP contribution in [-0.2, 0) is 0 Å². The third kappa shape index (κ3) is 3.00. The Morgan fingerprint density at radius 3 is 2.62 bits per heavy atom. The maximum Gasteiger partial charge on any atom is 0.0169 e. The first-order valence-corrected chi connectivity index (χ1v) is 5.07. The van der Waals surface area contributed by atoms with E-state index >= 15 is 0 Å². The predicted molar refractivity (Wildman–Crippen MR) is 58.8 cm³/mol. The van der Waals surface area contributed by atoms with Gasteiger partial charge in [-0.1, -0.05) is 38.5 Å². The van der Waals surface area contributed by atoms with E-state index in [9.17, 15) is 0 Å². The fourth-order valence-corrected chi connectivity index (χ4v) is 1.74. The van der Waals surface area contributed by atoms with Crippen molar-refractivity contribution >= 4 is 0 Å². The molecule has 0 unspecified atom stereocenters. The van der Waals surface area contributed by atoms with Gasteiger partial charge >= 0.3 is 0 Å². The van der Waals surface area contributed by atoms with Gasteiger partial charge in [-0.05, 0) is 11.8 Å². The van der Waals surface area contributed by atoms with E-state index in [-0.39, 0.29) is 0 Å². The smallest absolute Gasteiger partial charge is 0.0169 e. The van der Waals surface area contributed by atoms with E-state index in [1.165, 1.54) is 13.0 Å². The van der Waals surface area contributed by atoms with Crippen molar-refractivity contribution in [2.75, 3.05) is 19.6 Å². The van der Waals surface area contributed by atoms with Crippen molar-refractivity contribution in [2.24, 2.45) is 5.41 Å². The molecule has 1 heterocycles. The van der Waals surface area contributed by atoms with Gasteiger partial charge in [0.15, 0.2) is 0 Å². The SMILES string of the molecule is C=CCN1CC=C(C(C)(C)C)CC1. The second-order valence-corrected chi connectivity index (χ2v) is 4.78. The molecule has 1 heteroatoms. The summed E-state index contributed by atoms with van der Waals surface area (Å²) in [6, 6.07) is 0. The van der Waals surface area contributed by atoms with E-state index in [1.807, 2.05) is 6.08 Å². The lowest BCUT2D eigenvalue weighted by Crippen LogP contribution is -2.31. The van der Waals surface area contributed by atoms with Crippen LogP contribution in [0.4, 0.5) is 0 Å². The third-order valence-corrected chi connectivity index (χ3v) is 2.64. The minimum atomic E-state index is 0.361. The molecule has 0 amide bonds. The van der Waals surface area contributed by atoms with E-state index in [4.69, 9.17) is 0 Å². The summed E-state index contributed by atoms with van der Waals surface area (Å²) in [6.45, 7) is 13.9. The largest absolute Gasteiger partial charge is 0.296 e. The van der Waals surface area contributed by atoms with Crippen molar-refractivity contribution in [3.63, 3.8) is 0 Å². The molecule has 0 radical (unpaired) electrons. The fraction of sp³-hybridized carbons (Fsp3) is 0.667. The van der Waals surface area contributed by atoms with Crippen LogP contribution in [0.2, 0.25) is 0 Å². The summed E-state index contributed by atoms with van der Waals surface area (Å²) >= 11 is 0. The Morgan fingerprint density at radius 2 is 2.23 bits per heavy atom. The molecule has 0 N–H and O–H groups in total. The van der Waals surface area contributed by atoms with Gasteiger partial charge in [-0.2, -0.15) is 0 Å². The number of hydrogen-bond donors (Lipinski definition) is 0. The van der Waals surface area contributed by atoms with Crippen LogP contribution in [0.25, 0.3) is 0 Å². The molecule has 74 valence electrons. The van der Waals surface area contributed by atoms with E-state index < -0.39 is 0 Å². The Morgan fingerprint density at radius 1 is 1.54 bits per heavy atom. The first kappa shape index (κ1) is 10.5. The summed E-state index contributed by atoms with van der Waals surface area (Å²) < 4.78 is 0. The molecule has 0 saturated carbocycles. The molecular weight excluding hydrogens is 158 g/mol. The van der Waals surface area contributed by atoms with Gasteiger partial charge in [0, 0.05) is 19.6 Å². The Hall–Kier alpha value is -0.560. The average Bonchev–Trinajstić information content (AvgIpc) is 2.04. The lowest BCUT2D eigenvalue weighted by molar-refractivity contribution is 0.305. The monoisotopic (exact) mass is 179 g/mol. The lowest BCUT2D eigenvalue weighted by atomic mass is 9.83. The number of nitrogens with zero attached hydrogens (tertiary/aromatic N) is 1. The molecule has 0 atom stereocenters. The maximum atomic E-state index is 3.76. The number of hydrogen-bond acceptors (Lipinski definition) is 1. The Balaban J connectivity index is 2.52. The predicted octanol–water partition coefficient (Wildman–Crippen LogP) is 2.85. The van der Waals surface area contributed by atoms with Crippen molar-refractivity contribution in [1.29, 1.82) is 0 Å². The van der Waals surface area contributed by atoms with Crippen LogP contribution in [0.3, 0.4) is 0 Å². The van der Waals surface area contributed by atoms with Crippen molar-refractivity contribution in [2.45, 2.75) is 27.2 Å². The van der Waals surface area contributed by atoms with Crippen LogP contribution in [-0.4, -0.2) is 24.5 Å². The molecule has 0 aromatic rings. The second-order valence-electron chi connectivity index (χ2n) is 4.78. The van der Waals surface area contributed by atoms with Gasteiger partial charge in [-0.3, -0.25) is 4.90 Å². The molecule has 0 aliphatic carbocycles. The summed E-state index contributed by atoms with van der Waals surface area (Å²) in [5.74, 6) is 0. The van der Waals surface area contributed by atoms with E-state index in [1.54, 1.807) is 5.57 Å². The minimum absolute atomic E-state index is 0.361. The summed E-state index contributed by atoms with van der Waals surface area (Å²) in [6.07, 6.45) is 5.58. The first-order valence-electron chi connectivity index (χ1n) is 5.07. The van der Waals surface area contributed by atoms with Crippen LogP contribution >= 0.6 is 0 Å². The summed E-state index contributed by atoms with van der Waals surface area (Å²) in [5.41, 5.74) is 1.97. The van der Waals surface area contributed by atoms with Gasteiger partial charge < -0.3 is 0 Å². The normalized spacial score (nSPS) is 19.8. The average molecular weight is 179 g/mol. The summed E-state index contributed by atoms with van der Waals surface area (Å²) in [4.78, 5) is 2.42. The zero-order chi connectivity index (χ0) is 9.90. The third-order valence-electron chi connectivity index (χ3n) is 2.64. The quantitative estimate of drug-likeness (QED) is 0.589. The van der Waals surface area contributed by atoms with Crippen LogP contribution in [0, 0.1) is 5.41 Å². The highest BCUT2D eigenvalue weighted by Crippen LogP contribution is 2.29. The van der Waals surface area contributed by atoms with Crippen LogP contribution in [0.5, 0.6) is 0 Å². The zero-order valence-corrected chi connectivity index (χ0v) is 9.14. The van der Waals surface area contributed by atoms with Gasteiger partial charge in [0.2, 0.25) is 0 Å². The molecule has 0 aromatic carbocycles. The molecular formula is C12H21N. The Labute approximate surface area is 82.1 Å². The molecule has 0 fully saturated rings.